The van der Waals surface area contributed by atoms with Crippen molar-refractivity contribution in [2.24, 2.45) is 5.73 Å². The Bertz CT molecular complexity index is 1170. The third-order valence-electron chi connectivity index (χ3n) is 5.02. The summed E-state index contributed by atoms with van der Waals surface area (Å²) in [6, 6.07) is 4.72. The number of aryl methyl sites for hydroxylation is 2. The SMILES string of the molecule is CCn1nc(C)cc1C(=O)Nc1nc2cc(C(N)=O)cc3c2n1CCN(C)C3=O. The highest BCUT2D eigenvalue weighted by Gasteiger charge is 2.27. The molecule has 3 amide bonds. The van der Waals surface area contributed by atoms with E-state index in [-0.39, 0.29) is 17.4 Å². The molecule has 0 unspecified atom stereocenters. The van der Waals surface area contributed by atoms with E-state index in [0.717, 1.165) is 5.69 Å². The summed E-state index contributed by atoms with van der Waals surface area (Å²) in [5.41, 5.74) is 8.11. The van der Waals surface area contributed by atoms with Crippen LogP contribution in [0.1, 0.15) is 43.8 Å². The zero-order chi connectivity index (χ0) is 20.9. The number of benzene rings is 1. The number of likely N-dealkylation sites (N-methyl/N-ethyl adjacent to an activating group) is 1. The first-order valence-corrected chi connectivity index (χ1v) is 9.25. The van der Waals surface area contributed by atoms with Crippen molar-refractivity contribution >= 4 is 34.7 Å². The molecule has 0 radical (unpaired) electrons. The lowest BCUT2D eigenvalue weighted by atomic mass is 10.1. The van der Waals surface area contributed by atoms with Crippen molar-refractivity contribution in [2.75, 3.05) is 18.9 Å². The molecule has 3 N–H and O–H groups in total. The van der Waals surface area contributed by atoms with Gasteiger partial charge >= 0.3 is 0 Å². The molecule has 0 spiro atoms. The fourth-order valence-electron chi connectivity index (χ4n) is 3.58. The topological polar surface area (TPSA) is 128 Å². The number of rotatable bonds is 4. The molecule has 10 nitrogen and oxygen atoms in total. The van der Waals surface area contributed by atoms with E-state index >= 15 is 0 Å². The molecule has 0 saturated carbocycles. The van der Waals surface area contributed by atoms with E-state index < -0.39 is 5.91 Å². The van der Waals surface area contributed by atoms with Crippen LogP contribution in [0.3, 0.4) is 0 Å². The van der Waals surface area contributed by atoms with Crippen LogP contribution in [0.2, 0.25) is 0 Å². The number of aromatic nitrogens is 4. The highest BCUT2D eigenvalue weighted by atomic mass is 16.2. The Kier molecular flexibility index (Phi) is 4.33. The predicted octanol–water partition coefficient (Wildman–Crippen LogP) is 0.998. The maximum atomic E-state index is 12.9. The van der Waals surface area contributed by atoms with E-state index in [9.17, 15) is 14.4 Å². The highest BCUT2D eigenvalue weighted by Crippen LogP contribution is 2.28. The van der Waals surface area contributed by atoms with Crippen molar-refractivity contribution in [3.8, 4) is 0 Å². The van der Waals surface area contributed by atoms with Gasteiger partial charge in [0.1, 0.15) is 5.69 Å². The van der Waals surface area contributed by atoms with Gasteiger partial charge in [-0.15, -0.1) is 0 Å². The lowest BCUT2D eigenvalue weighted by Crippen LogP contribution is -2.28. The number of carbonyl (C=O) groups is 3. The molecule has 4 rings (SSSR count). The summed E-state index contributed by atoms with van der Waals surface area (Å²) in [5.74, 6) is -0.920. The molecule has 0 saturated heterocycles. The van der Waals surface area contributed by atoms with Crippen molar-refractivity contribution in [2.45, 2.75) is 26.9 Å². The third kappa shape index (κ3) is 3.02. The number of hydrogen-bond acceptors (Lipinski definition) is 5. The molecule has 10 heteroatoms. The Hall–Kier alpha value is -3.69. The lowest BCUT2D eigenvalue weighted by Gasteiger charge is -2.14. The number of nitrogens with one attached hydrogen (secondary N) is 1. The molecule has 29 heavy (non-hydrogen) atoms. The average molecular weight is 395 g/mol. The Labute approximate surface area is 166 Å². The van der Waals surface area contributed by atoms with Crippen LogP contribution < -0.4 is 11.1 Å². The minimum atomic E-state index is -0.648. The molecule has 0 bridgehead atoms. The number of hydrogen-bond donors (Lipinski definition) is 2. The molecular weight excluding hydrogens is 374 g/mol. The first-order chi connectivity index (χ1) is 13.8. The average Bonchev–Trinajstić information content (AvgIpc) is 3.20. The van der Waals surface area contributed by atoms with Crippen LogP contribution in [0.25, 0.3) is 11.0 Å². The number of primary amides is 1. The zero-order valence-electron chi connectivity index (χ0n) is 16.4. The molecule has 1 aliphatic rings. The van der Waals surface area contributed by atoms with Gasteiger partial charge in [-0.25, -0.2) is 4.98 Å². The Morgan fingerprint density at radius 1 is 1.24 bits per heavy atom. The van der Waals surface area contributed by atoms with E-state index in [0.29, 0.717) is 47.9 Å². The largest absolute Gasteiger partial charge is 0.366 e. The molecule has 150 valence electrons. The van der Waals surface area contributed by atoms with E-state index in [1.165, 1.54) is 12.1 Å². The standard InChI is InChI=1S/C19H21N7O3/c1-4-26-14(7-10(2)23-26)17(28)22-19-21-13-9-11(16(20)27)8-12-15(13)25(19)6-5-24(3)18(12)29/h7-9H,4-6H2,1-3H3,(H2,20,27)(H,21,22,28). The van der Waals surface area contributed by atoms with Crippen molar-refractivity contribution in [3.05, 3.63) is 40.7 Å². The van der Waals surface area contributed by atoms with Gasteiger partial charge in [-0.3, -0.25) is 24.4 Å². The van der Waals surface area contributed by atoms with Crippen LogP contribution in [0.15, 0.2) is 18.2 Å². The van der Waals surface area contributed by atoms with Gasteiger partial charge < -0.3 is 15.2 Å². The monoisotopic (exact) mass is 395 g/mol. The maximum Gasteiger partial charge on any atom is 0.276 e. The summed E-state index contributed by atoms with van der Waals surface area (Å²) in [4.78, 5) is 43.4. The number of nitrogens with zero attached hydrogens (tertiary/aromatic N) is 5. The normalized spacial score (nSPS) is 13.6. The number of anilines is 1. The van der Waals surface area contributed by atoms with Gasteiger partial charge in [-0.05, 0) is 32.0 Å². The van der Waals surface area contributed by atoms with Gasteiger partial charge in [0.2, 0.25) is 11.9 Å². The molecular formula is C19H21N7O3. The number of amides is 3. The lowest BCUT2D eigenvalue weighted by molar-refractivity contribution is 0.0798. The summed E-state index contributed by atoms with van der Waals surface area (Å²) >= 11 is 0. The zero-order valence-corrected chi connectivity index (χ0v) is 16.4. The quantitative estimate of drug-likeness (QED) is 0.681. The molecule has 3 heterocycles. The van der Waals surface area contributed by atoms with Crippen molar-refractivity contribution in [1.82, 2.24) is 24.2 Å². The van der Waals surface area contributed by atoms with Crippen molar-refractivity contribution < 1.29 is 14.4 Å². The number of carbonyl (C=O) groups excluding carboxylic acids is 3. The minimum Gasteiger partial charge on any atom is -0.366 e. The summed E-state index contributed by atoms with van der Waals surface area (Å²) < 4.78 is 3.40. The van der Waals surface area contributed by atoms with E-state index in [1.807, 2.05) is 13.8 Å². The van der Waals surface area contributed by atoms with Gasteiger partial charge in [-0.1, -0.05) is 0 Å². The molecule has 0 atom stereocenters. The fraction of sp³-hybridized carbons (Fsp3) is 0.316. The molecule has 1 aromatic carbocycles. The van der Waals surface area contributed by atoms with Crippen molar-refractivity contribution in [1.29, 1.82) is 0 Å². The van der Waals surface area contributed by atoms with Crippen LogP contribution >= 0.6 is 0 Å². The number of imidazole rings is 1. The minimum absolute atomic E-state index is 0.193. The predicted molar refractivity (Wildman–Crippen MR) is 106 cm³/mol. The molecule has 2 aromatic heterocycles. The summed E-state index contributed by atoms with van der Waals surface area (Å²) in [5, 5.41) is 7.12. The van der Waals surface area contributed by atoms with Crippen molar-refractivity contribution in [3.63, 3.8) is 0 Å². The Morgan fingerprint density at radius 2 is 2.00 bits per heavy atom. The Morgan fingerprint density at radius 3 is 2.69 bits per heavy atom. The highest BCUT2D eigenvalue weighted by molar-refractivity contribution is 6.10. The van der Waals surface area contributed by atoms with Gasteiger partial charge in [0, 0.05) is 32.2 Å². The summed E-state index contributed by atoms with van der Waals surface area (Å²) in [6.07, 6.45) is 0. The second-order valence-electron chi connectivity index (χ2n) is 7.01. The molecule has 0 aliphatic carbocycles. The van der Waals surface area contributed by atoms with Gasteiger partial charge in [0.25, 0.3) is 11.8 Å². The van der Waals surface area contributed by atoms with Crippen LogP contribution in [-0.2, 0) is 13.1 Å². The van der Waals surface area contributed by atoms with E-state index in [4.69, 9.17) is 5.73 Å². The third-order valence-corrected chi connectivity index (χ3v) is 5.02. The smallest absolute Gasteiger partial charge is 0.276 e. The summed E-state index contributed by atoms with van der Waals surface area (Å²) in [7, 11) is 1.69. The van der Waals surface area contributed by atoms with E-state index in [1.54, 1.807) is 27.3 Å². The van der Waals surface area contributed by atoms with Gasteiger partial charge in [-0.2, -0.15) is 5.10 Å². The van der Waals surface area contributed by atoms with Gasteiger partial charge in [0.15, 0.2) is 0 Å². The first-order valence-electron chi connectivity index (χ1n) is 9.25. The number of nitrogens with two attached hydrogens (primary N) is 1. The van der Waals surface area contributed by atoms with Crippen LogP contribution in [0, 0.1) is 6.92 Å². The maximum absolute atomic E-state index is 12.9. The first kappa shape index (κ1) is 18.7. The van der Waals surface area contributed by atoms with Crippen LogP contribution in [0.5, 0.6) is 0 Å². The molecule has 0 fully saturated rings. The van der Waals surface area contributed by atoms with Gasteiger partial charge in [0.05, 0.1) is 22.3 Å². The molecule has 3 aromatic rings. The summed E-state index contributed by atoms with van der Waals surface area (Å²) in [6.45, 7) is 5.15. The Balaban J connectivity index is 1.84. The van der Waals surface area contributed by atoms with Crippen LogP contribution in [-0.4, -0.2) is 55.5 Å². The second-order valence-corrected chi connectivity index (χ2v) is 7.01. The fourth-order valence-corrected chi connectivity index (χ4v) is 3.58. The van der Waals surface area contributed by atoms with E-state index in [2.05, 4.69) is 15.4 Å². The van der Waals surface area contributed by atoms with Crippen LogP contribution in [0.4, 0.5) is 5.95 Å². The molecule has 1 aliphatic heterocycles. The second kappa shape index (κ2) is 6.73.